The number of carbonyl (C=O) groups is 1. The molecule has 0 spiro atoms. The number of hydrogen-bond donors (Lipinski definition) is 4. The van der Waals surface area contributed by atoms with Gasteiger partial charge in [-0.1, -0.05) is 53.5 Å². The highest BCUT2D eigenvalue weighted by Gasteiger charge is 2.15. The molecule has 6 nitrogen and oxygen atoms in total. The van der Waals surface area contributed by atoms with Gasteiger partial charge in [0.1, 0.15) is 17.4 Å². The van der Waals surface area contributed by atoms with Crippen molar-refractivity contribution in [3.63, 3.8) is 0 Å². The summed E-state index contributed by atoms with van der Waals surface area (Å²) in [7, 11) is 0. The molecular formula is C15H14Cl2N4O2. The molecule has 0 aliphatic rings. The number of guanidine groups is 1. The zero-order valence-electron chi connectivity index (χ0n) is 11.9. The summed E-state index contributed by atoms with van der Waals surface area (Å²) in [6.45, 7) is 0.321. The summed E-state index contributed by atoms with van der Waals surface area (Å²) in [6.07, 6.45) is 0. The number of urea groups is 1. The van der Waals surface area contributed by atoms with Gasteiger partial charge >= 0.3 is 6.03 Å². The van der Waals surface area contributed by atoms with Crippen LogP contribution in [0.25, 0.3) is 0 Å². The largest absolute Gasteiger partial charge is 0.487 e. The van der Waals surface area contributed by atoms with Crippen molar-refractivity contribution in [3.8, 4) is 5.75 Å². The van der Waals surface area contributed by atoms with Gasteiger partial charge in [-0.05, 0) is 17.7 Å². The molecule has 8 heteroatoms. The number of nitrogens with one attached hydrogen (secondary N) is 3. The number of ether oxygens (including phenoxy) is 1. The van der Waals surface area contributed by atoms with Crippen LogP contribution >= 0.6 is 23.2 Å². The summed E-state index contributed by atoms with van der Waals surface area (Å²) in [4.78, 5) is 11.6. The monoisotopic (exact) mass is 352 g/mol. The standard InChI is InChI=1S/C15H14Cl2N4O2/c16-10-6-7-11(23-8-9-4-2-1-3-5-9)12(17)13(10)20-15(22)21-14(18)19/h1-7H,8H2,(H5,18,19,20,21,22). The predicted molar refractivity (Wildman–Crippen MR) is 91.3 cm³/mol. The third-order valence-electron chi connectivity index (χ3n) is 2.78. The summed E-state index contributed by atoms with van der Waals surface area (Å²) in [5.74, 6) is -0.121. The maximum atomic E-state index is 11.6. The van der Waals surface area contributed by atoms with E-state index in [2.05, 4.69) is 10.6 Å². The normalized spacial score (nSPS) is 10.0. The van der Waals surface area contributed by atoms with Gasteiger partial charge in [0.25, 0.3) is 0 Å². The van der Waals surface area contributed by atoms with Crippen LogP contribution < -0.4 is 21.1 Å². The Morgan fingerprint density at radius 2 is 1.87 bits per heavy atom. The average molecular weight is 353 g/mol. The topological polar surface area (TPSA) is 100 Å². The second-order valence-electron chi connectivity index (χ2n) is 4.50. The van der Waals surface area contributed by atoms with Crippen LogP contribution in [0.3, 0.4) is 0 Å². The van der Waals surface area contributed by atoms with Gasteiger partial charge in [-0.15, -0.1) is 0 Å². The Labute approximate surface area is 143 Å². The predicted octanol–water partition coefficient (Wildman–Crippen LogP) is 3.59. The molecule has 0 atom stereocenters. The lowest BCUT2D eigenvalue weighted by molar-refractivity contribution is 0.256. The number of nitrogens with two attached hydrogens (primary N) is 1. The first kappa shape index (κ1) is 16.9. The van der Waals surface area contributed by atoms with E-state index in [0.717, 1.165) is 5.56 Å². The zero-order chi connectivity index (χ0) is 16.8. The van der Waals surface area contributed by atoms with Crippen molar-refractivity contribution in [2.24, 2.45) is 5.73 Å². The smallest absolute Gasteiger partial charge is 0.326 e. The second-order valence-corrected chi connectivity index (χ2v) is 5.29. The lowest BCUT2D eigenvalue weighted by Crippen LogP contribution is -2.38. The van der Waals surface area contributed by atoms with Crippen molar-refractivity contribution in [1.29, 1.82) is 5.41 Å². The van der Waals surface area contributed by atoms with Gasteiger partial charge in [-0.3, -0.25) is 10.7 Å². The molecule has 0 aliphatic carbocycles. The van der Waals surface area contributed by atoms with Gasteiger partial charge in [-0.25, -0.2) is 4.79 Å². The molecule has 2 aromatic rings. The van der Waals surface area contributed by atoms with Crippen LogP contribution in [0.1, 0.15) is 5.56 Å². The SMILES string of the molecule is N=C(N)NC(=O)Nc1c(Cl)ccc(OCc2ccccc2)c1Cl. The van der Waals surface area contributed by atoms with E-state index in [4.69, 9.17) is 39.1 Å². The van der Waals surface area contributed by atoms with Crippen LogP contribution in [-0.2, 0) is 6.61 Å². The number of amides is 2. The van der Waals surface area contributed by atoms with Gasteiger partial charge in [0.05, 0.1) is 10.7 Å². The van der Waals surface area contributed by atoms with Gasteiger partial charge < -0.3 is 15.8 Å². The van der Waals surface area contributed by atoms with Crippen molar-refractivity contribution in [1.82, 2.24) is 5.32 Å². The molecule has 0 bridgehead atoms. The summed E-state index contributed by atoms with van der Waals surface area (Å²) >= 11 is 12.3. The molecular weight excluding hydrogens is 339 g/mol. The van der Waals surface area contributed by atoms with Crippen LogP contribution in [0.4, 0.5) is 10.5 Å². The molecule has 0 radical (unpaired) electrons. The molecule has 0 aliphatic heterocycles. The van der Waals surface area contributed by atoms with E-state index in [9.17, 15) is 4.79 Å². The van der Waals surface area contributed by atoms with Crippen LogP contribution in [0.5, 0.6) is 5.75 Å². The molecule has 120 valence electrons. The molecule has 0 fully saturated rings. The lowest BCUT2D eigenvalue weighted by atomic mass is 10.2. The van der Waals surface area contributed by atoms with Crippen LogP contribution in [-0.4, -0.2) is 12.0 Å². The first-order valence-corrected chi connectivity index (χ1v) is 7.29. The lowest BCUT2D eigenvalue weighted by Gasteiger charge is -2.14. The van der Waals surface area contributed by atoms with Gasteiger partial charge in [0.2, 0.25) is 0 Å². The highest BCUT2D eigenvalue weighted by Crippen LogP contribution is 2.38. The third-order valence-corrected chi connectivity index (χ3v) is 3.47. The van der Waals surface area contributed by atoms with E-state index in [1.54, 1.807) is 12.1 Å². The van der Waals surface area contributed by atoms with Crippen molar-refractivity contribution in [2.75, 3.05) is 5.32 Å². The Morgan fingerprint density at radius 3 is 2.52 bits per heavy atom. The fourth-order valence-corrected chi connectivity index (χ4v) is 2.28. The Balaban J connectivity index is 2.14. The summed E-state index contributed by atoms with van der Waals surface area (Å²) < 4.78 is 5.65. The van der Waals surface area contributed by atoms with Gasteiger partial charge in [-0.2, -0.15) is 0 Å². The van der Waals surface area contributed by atoms with Crippen LogP contribution in [0, 0.1) is 5.41 Å². The molecule has 0 heterocycles. The molecule has 2 amide bonds. The van der Waals surface area contributed by atoms with Crippen LogP contribution in [0.15, 0.2) is 42.5 Å². The number of halogens is 2. The van der Waals surface area contributed by atoms with Gasteiger partial charge in [0.15, 0.2) is 5.96 Å². The average Bonchev–Trinajstić information content (AvgIpc) is 2.51. The van der Waals surface area contributed by atoms with E-state index < -0.39 is 12.0 Å². The third kappa shape index (κ3) is 4.77. The van der Waals surface area contributed by atoms with E-state index in [-0.39, 0.29) is 15.7 Å². The Kier molecular flexibility index (Phi) is 5.67. The molecule has 0 saturated carbocycles. The molecule has 0 aromatic heterocycles. The van der Waals surface area contributed by atoms with Crippen LogP contribution in [0.2, 0.25) is 10.0 Å². The van der Waals surface area contributed by atoms with E-state index in [1.165, 1.54) is 0 Å². The number of anilines is 1. The second kappa shape index (κ2) is 7.71. The van der Waals surface area contributed by atoms with E-state index in [1.807, 2.05) is 30.3 Å². The highest BCUT2D eigenvalue weighted by atomic mass is 35.5. The number of hydrogen-bond acceptors (Lipinski definition) is 3. The van der Waals surface area contributed by atoms with Gasteiger partial charge in [0, 0.05) is 0 Å². The Morgan fingerprint density at radius 1 is 1.17 bits per heavy atom. The summed E-state index contributed by atoms with van der Waals surface area (Å²) in [5.41, 5.74) is 6.24. The van der Waals surface area contributed by atoms with E-state index in [0.29, 0.717) is 12.4 Å². The molecule has 23 heavy (non-hydrogen) atoms. The minimum atomic E-state index is -0.721. The van der Waals surface area contributed by atoms with Crippen molar-refractivity contribution in [3.05, 3.63) is 58.1 Å². The number of carbonyl (C=O) groups excluding carboxylic acids is 1. The first-order valence-electron chi connectivity index (χ1n) is 6.54. The fourth-order valence-electron chi connectivity index (χ4n) is 1.76. The Hall–Kier alpha value is -2.44. The van der Waals surface area contributed by atoms with E-state index >= 15 is 0 Å². The maximum Gasteiger partial charge on any atom is 0.326 e. The minimum absolute atomic E-state index is 0.159. The zero-order valence-corrected chi connectivity index (χ0v) is 13.4. The molecule has 2 aromatic carbocycles. The fraction of sp³-hybridized carbons (Fsp3) is 0.0667. The first-order chi connectivity index (χ1) is 11.0. The minimum Gasteiger partial charge on any atom is -0.487 e. The van der Waals surface area contributed by atoms with Crippen molar-refractivity contribution >= 4 is 40.9 Å². The number of rotatable bonds is 4. The summed E-state index contributed by atoms with van der Waals surface area (Å²) in [6, 6.07) is 12.0. The molecule has 0 saturated heterocycles. The Bertz CT molecular complexity index is 723. The highest BCUT2D eigenvalue weighted by molar-refractivity contribution is 6.40. The molecule has 0 unspecified atom stereocenters. The van der Waals surface area contributed by atoms with Crippen molar-refractivity contribution in [2.45, 2.75) is 6.61 Å². The number of benzene rings is 2. The molecule has 2 rings (SSSR count). The molecule has 5 N–H and O–H groups in total. The maximum absolute atomic E-state index is 11.6. The van der Waals surface area contributed by atoms with Crippen molar-refractivity contribution < 1.29 is 9.53 Å². The quantitative estimate of drug-likeness (QED) is 0.499. The summed E-state index contributed by atoms with van der Waals surface area (Å²) in [5, 5.41) is 11.9.